The molecular formula is C14H22N2O2S. The number of rotatable bonds is 7. The van der Waals surface area contributed by atoms with Crippen LogP contribution in [0.1, 0.15) is 33.1 Å². The summed E-state index contributed by atoms with van der Waals surface area (Å²) in [4.78, 5) is 0.341. The summed E-state index contributed by atoms with van der Waals surface area (Å²) < 4.78 is 26.6. The lowest BCUT2D eigenvalue weighted by molar-refractivity contribution is 0.581. The van der Waals surface area contributed by atoms with Crippen LogP contribution in [0.5, 0.6) is 0 Å². The van der Waals surface area contributed by atoms with Crippen molar-refractivity contribution in [3.8, 4) is 0 Å². The van der Waals surface area contributed by atoms with E-state index in [9.17, 15) is 8.42 Å². The highest BCUT2D eigenvalue weighted by Crippen LogP contribution is 2.22. The summed E-state index contributed by atoms with van der Waals surface area (Å²) >= 11 is 0. The molecule has 1 aliphatic carbocycles. The fourth-order valence-electron chi connectivity index (χ4n) is 1.68. The lowest BCUT2D eigenvalue weighted by atomic mass is 10.1. The SMILES string of the molecule is CCC(C)CNc1ccc(S(=O)(=O)NC2CC2)cc1. The van der Waals surface area contributed by atoms with Crippen molar-refractivity contribution < 1.29 is 8.42 Å². The van der Waals surface area contributed by atoms with Crippen LogP contribution in [-0.2, 0) is 10.0 Å². The molecule has 19 heavy (non-hydrogen) atoms. The maximum absolute atomic E-state index is 12.0. The number of hydrogen-bond acceptors (Lipinski definition) is 3. The van der Waals surface area contributed by atoms with Crippen LogP contribution >= 0.6 is 0 Å². The molecule has 0 saturated heterocycles. The van der Waals surface area contributed by atoms with Crippen molar-refractivity contribution in [1.29, 1.82) is 0 Å². The molecule has 2 rings (SSSR count). The normalized spacial score (nSPS) is 17.2. The number of nitrogens with one attached hydrogen (secondary N) is 2. The number of hydrogen-bond donors (Lipinski definition) is 2. The first-order chi connectivity index (χ1) is 9.01. The second-order valence-electron chi connectivity index (χ2n) is 5.31. The third-order valence-corrected chi connectivity index (χ3v) is 4.95. The lowest BCUT2D eigenvalue weighted by Crippen LogP contribution is -2.25. The Balaban J connectivity index is 1.97. The van der Waals surface area contributed by atoms with Crippen molar-refractivity contribution in [2.45, 2.75) is 44.0 Å². The highest BCUT2D eigenvalue weighted by atomic mass is 32.2. The van der Waals surface area contributed by atoms with Gasteiger partial charge in [-0.15, -0.1) is 0 Å². The second kappa shape index (κ2) is 5.92. The van der Waals surface area contributed by atoms with Gasteiger partial charge in [0.25, 0.3) is 0 Å². The third-order valence-electron chi connectivity index (χ3n) is 3.42. The standard InChI is InChI=1S/C14H22N2O2S/c1-3-11(2)10-15-12-6-8-14(9-7-12)19(17,18)16-13-4-5-13/h6-9,11,13,15-16H,3-5,10H2,1-2H3. The zero-order chi connectivity index (χ0) is 13.9. The molecule has 2 N–H and O–H groups in total. The molecule has 0 spiro atoms. The predicted octanol–water partition coefficient (Wildman–Crippen LogP) is 2.59. The summed E-state index contributed by atoms with van der Waals surface area (Å²) in [6.07, 6.45) is 3.03. The monoisotopic (exact) mass is 282 g/mol. The van der Waals surface area contributed by atoms with Crippen LogP contribution in [0.3, 0.4) is 0 Å². The van der Waals surface area contributed by atoms with Gasteiger partial charge in [0.05, 0.1) is 4.90 Å². The first-order valence-electron chi connectivity index (χ1n) is 6.87. The summed E-state index contributed by atoms with van der Waals surface area (Å²) in [5.41, 5.74) is 0.964. The van der Waals surface area contributed by atoms with E-state index in [-0.39, 0.29) is 6.04 Å². The highest BCUT2D eigenvalue weighted by Gasteiger charge is 2.27. The van der Waals surface area contributed by atoms with Gasteiger partial charge in [0.2, 0.25) is 10.0 Å². The molecule has 0 radical (unpaired) electrons. The topological polar surface area (TPSA) is 58.2 Å². The first-order valence-corrected chi connectivity index (χ1v) is 8.36. The Labute approximate surface area is 115 Å². The van der Waals surface area contributed by atoms with E-state index in [0.717, 1.165) is 31.5 Å². The van der Waals surface area contributed by atoms with Gasteiger partial charge in [-0.2, -0.15) is 0 Å². The van der Waals surface area contributed by atoms with E-state index in [0.29, 0.717) is 10.8 Å². The molecule has 1 unspecified atom stereocenters. The molecule has 0 aliphatic heterocycles. The molecule has 0 heterocycles. The van der Waals surface area contributed by atoms with E-state index in [1.165, 1.54) is 0 Å². The van der Waals surface area contributed by atoms with Gasteiger partial charge in [0.15, 0.2) is 0 Å². The Kier molecular flexibility index (Phi) is 4.47. The molecule has 1 saturated carbocycles. The Morgan fingerprint density at radius 3 is 2.42 bits per heavy atom. The quantitative estimate of drug-likeness (QED) is 0.808. The molecule has 0 amide bonds. The van der Waals surface area contributed by atoms with Crippen LogP contribution in [0.4, 0.5) is 5.69 Å². The minimum atomic E-state index is -3.33. The molecule has 0 bridgehead atoms. The molecule has 1 atom stereocenters. The molecule has 1 aromatic rings. The summed E-state index contributed by atoms with van der Waals surface area (Å²) in [7, 11) is -3.33. The molecule has 1 aromatic carbocycles. The van der Waals surface area contributed by atoms with Gasteiger partial charge in [0, 0.05) is 18.3 Å². The summed E-state index contributed by atoms with van der Waals surface area (Å²) in [5, 5.41) is 3.31. The molecule has 1 fully saturated rings. The summed E-state index contributed by atoms with van der Waals surface area (Å²) in [6, 6.07) is 7.11. The van der Waals surface area contributed by atoms with Gasteiger partial charge in [-0.25, -0.2) is 13.1 Å². The van der Waals surface area contributed by atoms with Crippen molar-refractivity contribution in [1.82, 2.24) is 4.72 Å². The van der Waals surface area contributed by atoms with Crippen molar-refractivity contribution in [2.75, 3.05) is 11.9 Å². The van der Waals surface area contributed by atoms with E-state index < -0.39 is 10.0 Å². The number of benzene rings is 1. The van der Waals surface area contributed by atoms with Crippen molar-refractivity contribution in [3.63, 3.8) is 0 Å². The largest absolute Gasteiger partial charge is 0.385 e. The van der Waals surface area contributed by atoms with Gasteiger partial charge >= 0.3 is 0 Å². The number of anilines is 1. The van der Waals surface area contributed by atoms with Crippen LogP contribution in [0.15, 0.2) is 29.2 Å². The molecule has 1 aliphatic rings. The maximum atomic E-state index is 12.0. The minimum Gasteiger partial charge on any atom is -0.385 e. The van der Waals surface area contributed by atoms with Crippen LogP contribution < -0.4 is 10.0 Å². The van der Waals surface area contributed by atoms with Gasteiger partial charge < -0.3 is 5.32 Å². The number of sulfonamides is 1. The molecule has 5 heteroatoms. The van der Waals surface area contributed by atoms with E-state index in [2.05, 4.69) is 23.9 Å². The average Bonchev–Trinajstić information content (AvgIpc) is 3.19. The van der Waals surface area contributed by atoms with Gasteiger partial charge in [-0.1, -0.05) is 20.3 Å². The average molecular weight is 282 g/mol. The van der Waals surface area contributed by atoms with Crippen molar-refractivity contribution in [3.05, 3.63) is 24.3 Å². The van der Waals surface area contributed by atoms with E-state index in [4.69, 9.17) is 0 Å². The van der Waals surface area contributed by atoms with E-state index in [1.54, 1.807) is 12.1 Å². The van der Waals surface area contributed by atoms with E-state index >= 15 is 0 Å². The Morgan fingerprint density at radius 2 is 1.89 bits per heavy atom. The van der Waals surface area contributed by atoms with Gasteiger partial charge in [-0.3, -0.25) is 0 Å². The Hall–Kier alpha value is -1.07. The second-order valence-corrected chi connectivity index (χ2v) is 7.03. The smallest absolute Gasteiger partial charge is 0.240 e. The van der Waals surface area contributed by atoms with Crippen LogP contribution in [-0.4, -0.2) is 21.0 Å². The Morgan fingerprint density at radius 1 is 1.26 bits per heavy atom. The predicted molar refractivity (Wildman–Crippen MR) is 77.7 cm³/mol. The molecule has 106 valence electrons. The zero-order valence-electron chi connectivity index (χ0n) is 11.5. The zero-order valence-corrected chi connectivity index (χ0v) is 12.3. The van der Waals surface area contributed by atoms with Crippen molar-refractivity contribution in [2.24, 2.45) is 5.92 Å². The van der Waals surface area contributed by atoms with Gasteiger partial charge in [0.1, 0.15) is 0 Å². The van der Waals surface area contributed by atoms with Gasteiger partial charge in [-0.05, 0) is 43.0 Å². The minimum absolute atomic E-state index is 0.146. The highest BCUT2D eigenvalue weighted by molar-refractivity contribution is 7.89. The molecular weight excluding hydrogens is 260 g/mol. The van der Waals surface area contributed by atoms with Crippen LogP contribution in [0.2, 0.25) is 0 Å². The summed E-state index contributed by atoms with van der Waals surface area (Å²) in [6.45, 7) is 5.25. The fraction of sp³-hybridized carbons (Fsp3) is 0.571. The Bertz CT molecular complexity index is 507. The summed E-state index contributed by atoms with van der Waals surface area (Å²) in [5.74, 6) is 0.611. The fourth-order valence-corrected chi connectivity index (χ4v) is 2.98. The first kappa shape index (κ1) is 14.3. The maximum Gasteiger partial charge on any atom is 0.240 e. The third kappa shape index (κ3) is 4.21. The van der Waals surface area contributed by atoms with Crippen molar-refractivity contribution >= 4 is 15.7 Å². The van der Waals surface area contributed by atoms with E-state index in [1.807, 2.05) is 12.1 Å². The molecule has 0 aromatic heterocycles. The lowest BCUT2D eigenvalue weighted by Gasteiger charge is -2.12. The van der Waals surface area contributed by atoms with Crippen LogP contribution in [0, 0.1) is 5.92 Å². The van der Waals surface area contributed by atoms with Crippen LogP contribution in [0.25, 0.3) is 0 Å². The molecule has 4 nitrogen and oxygen atoms in total.